The molecule has 0 spiro atoms. The minimum absolute atomic E-state index is 0.360. The molecule has 0 bridgehead atoms. The zero-order valence-corrected chi connectivity index (χ0v) is 19.2. The Hall–Kier alpha value is -2.85. The number of rotatable bonds is 3. The third-order valence-corrected chi connectivity index (χ3v) is 6.36. The van der Waals surface area contributed by atoms with Gasteiger partial charge in [0.15, 0.2) is 16.3 Å². The maximum atomic E-state index is 13.1. The lowest BCUT2D eigenvalue weighted by Crippen LogP contribution is -2.51. The van der Waals surface area contributed by atoms with E-state index in [0.717, 1.165) is 23.2 Å². The normalized spacial score (nSPS) is 14.3. The van der Waals surface area contributed by atoms with Gasteiger partial charge in [0.05, 0.1) is 6.54 Å². The second-order valence-electron chi connectivity index (χ2n) is 7.53. The highest BCUT2D eigenvalue weighted by Gasteiger charge is 2.26. The van der Waals surface area contributed by atoms with E-state index in [2.05, 4.69) is 15.1 Å². The lowest BCUT2D eigenvalue weighted by Gasteiger charge is -2.36. The molecule has 3 aromatic rings. The first-order valence-corrected chi connectivity index (χ1v) is 10.7. The number of nitrogens with one attached hydrogen (secondary N) is 1. The van der Waals surface area contributed by atoms with Gasteiger partial charge in [-0.2, -0.15) is 4.98 Å². The van der Waals surface area contributed by atoms with E-state index in [1.807, 2.05) is 35.9 Å². The summed E-state index contributed by atoms with van der Waals surface area (Å²) in [4.78, 5) is 34.5. The summed E-state index contributed by atoms with van der Waals surface area (Å²) in [5.41, 5.74) is 1.01. The number of aryl methyl sites for hydroxylation is 1. The molecule has 0 unspecified atom stereocenters. The lowest BCUT2D eigenvalue weighted by molar-refractivity contribution is 0.378. The number of fused-ring (bicyclic) bond motifs is 1. The maximum Gasteiger partial charge on any atom is 0.332 e. The molecule has 2 aromatic heterocycles. The molecule has 0 amide bonds. The van der Waals surface area contributed by atoms with Gasteiger partial charge in [-0.15, -0.1) is 0 Å². The van der Waals surface area contributed by atoms with E-state index in [9.17, 15) is 9.59 Å². The van der Waals surface area contributed by atoms with Gasteiger partial charge in [0.2, 0.25) is 5.95 Å². The molecular weight excluding hydrogens is 438 g/mol. The number of aromatic nitrogens is 4. The van der Waals surface area contributed by atoms with Gasteiger partial charge in [-0.3, -0.25) is 18.5 Å². The number of halogens is 1. The number of piperazine rings is 1. The summed E-state index contributed by atoms with van der Waals surface area (Å²) < 4.78 is 4.44. The Morgan fingerprint density at radius 3 is 2.35 bits per heavy atom. The summed E-state index contributed by atoms with van der Waals surface area (Å²) in [5, 5.41) is 4.37. The van der Waals surface area contributed by atoms with Gasteiger partial charge in [0.25, 0.3) is 5.56 Å². The van der Waals surface area contributed by atoms with Crippen LogP contribution >= 0.6 is 23.8 Å². The third kappa shape index (κ3) is 3.81. The average Bonchev–Trinajstić information content (AvgIpc) is 3.16. The van der Waals surface area contributed by atoms with Crippen molar-refractivity contribution in [3.05, 3.63) is 55.7 Å². The smallest absolute Gasteiger partial charge is 0.332 e. The standard InChI is InChI=1S/C20H24ClN7O2S/c1-22-19(31)27-10-8-26(9-11-27)18-23-16-15(17(29)25(3)20(30)24(16)2)28(18)12-13-4-6-14(21)7-5-13/h4-7H,8-12H2,1-3H3,(H,22,31). The molecule has 0 saturated carbocycles. The predicted octanol–water partition coefficient (Wildman–Crippen LogP) is 0.762. The number of nitrogens with zero attached hydrogens (tertiary/aromatic N) is 6. The van der Waals surface area contributed by atoms with E-state index < -0.39 is 5.69 Å². The van der Waals surface area contributed by atoms with Crippen molar-refractivity contribution in [2.45, 2.75) is 6.54 Å². The Morgan fingerprint density at radius 1 is 1.10 bits per heavy atom. The largest absolute Gasteiger partial charge is 0.366 e. The molecule has 3 heterocycles. The summed E-state index contributed by atoms with van der Waals surface area (Å²) in [6, 6.07) is 7.49. The zero-order valence-electron chi connectivity index (χ0n) is 17.6. The van der Waals surface area contributed by atoms with Crippen LogP contribution in [0, 0.1) is 0 Å². The monoisotopic (exact) mass is 461 g/mol. The summed E-state index contributed by atoms with van der Waals surface area (Å²) in [6.07, 6.45) is 0. The van der Waals surface area contributed by atoms with Crippen LogP contribution in [0.5, 0.6) is 0 Å². The van der Waals surface area contributed by atoms with E-state index in [0.29, 0.717) is 46.9 Å². The molecule has 164 valence electrons. The van der Waals surface area contributed by atoms with Crippen LogP contribution in [0.4, 0.5) is 5.95 Å². The van der Waals surface area contributed by atoms with Crippen molar-refractivity contribution in [2.75, 3.05) is 38.1 Å². The fourth-order valence-corrected chi connectivity index (χ4v) is 4.17. The van der Waals surface area contributed by atoms with E-state index in [-0.39, 0.29) is 5.56 Å². The zero-order chi connectivity index (χ0) is 22.3. The third-order valence-electron chi connectivity index (χ3n) is 5.65. The molecule has 1 saturated heterocycles. The minimum Gasteiger partial charge on any atom is -0.366 e. The molecular formula is C20H24ClN7O2S. The van der Waals surface area contributed by atoms with Crippen molar-refractivity contribution in [3.8, 4) is 0 Å². The number of imidazole rings is 1. The number of hydrogen-bond acceptors (Lipinski definition) is 5. The van der Waals surface area contributed by atoms with Gasteiger partial charge in [0.1, 0.15) is 0 Å². The molecule has 4 rings (SSSR count). The Labute approximate surface area is 189 Å². The van der Waals surface area contributed by atoms with Gasteiger partial charge in [-0.1, -0.05) is 23.7 Å². The molecule has 9 nitrogen and oxygen atoms in total. The van der Waals surface area contributed by atoms with Crippen LogP contribution < -0.4 is 21.5 Å². The SMILES string of the molecule is CNC(=S)N1CCN(c2nc3c(c(=O)n(C)c(=O)n3C)n2Cc2ccc(Cl)cc2)CC1. The van der Waals surface area contributed by atoms with Crippen LogP contribution in [-0.4, -0.2) is 61.9 Å². The van der Waals surface area contributed by atoms with Gasteiger partial charge in [-0.05, 0) is 29.9 Å². The quantitative estimate of drug-likeness (QED) is 0.577. The van der Waals surface area contributed by atoms with Crippen molar-refractivity contribution in [2.24, 2.45) is 14.1 Å². The first kappa shape index (κ1) is 21.4. The first-order chi connectivity index (χ1) is 14.8. The Morgan fingerprint density at radius 2 is 1.74 bits per heavy atom. The van der Waals surface area contributed by atoms with Crippen molar-refractivity contribution in [3.63, 3.8) is 0 Å². The van der Waals surface area contributed by atoms with E-state index in [1.165, 1.54) is 11.6 Å². The topological polar surface area (TPSA) is 80.3 Å². The highest BCUT2D eigenvalue weighted by atomic mass is 35.5. The van der Waals surface area contributed by atoms with Crippen molar-refractivity contribution < 1.29 is 0 Å². The molecule has 1 aromatic carbocycles. The summed E-state index contributed by atoms with van der Waals surface area (Å²) >= 11 is 11.4. The van der Waals surface area contributed by atoms with Gasteiger partial charge in [0, 0.05) is 52.3 Å². The number of benzene rings is 1. The summed E-state index contributed by atoms with van der Waals surface area (Å²) in [5.74, 6) is 0.665. The molecule has 1 fully saturated rings. The number of anilines is 1. The fourth-order valence-electron chi connectivity index (χ4n) is 3.87. The van der Waals surface area contributed by atoms with E-state index >= 15 is 0 Å². The van der Waals surface area contributed by atoms with Crippen LogP contribution in [0.25, 0.3) is 11.2 Å². The maximum absolute atomic E-state index is 13.1. The van der Waals surface area contributed by atoms with Crippen LogP contribution in [0.1, 0.15) is 5.56 Å². The van der Waals surface area contributed by atoms with Crippen LogP contribution in [0.3, 0.4) is 0 Å². The van der Waals surface area contributed by atoms with E-state index in [4.69, 9.17) is 28.8 Å². The molecule has 1 N–H and O–H groups in total. The van der Waals surface area contributed by atoms with Crippen molar-refractivity contribution >= 4 is 46.0 Å². The van der Waals surface area contributed by atoms with Gasteiger partial charge >= 0.3 is 5.69 Å². The lowest BCUT2D eigenvalue weighted by atomic mass is 10.2. The highest BCUT2D eigenvalue weighted by molar-refractivity contribution is 7.80. The minimum atomic E-state index is -0.399. The van der Waals surface area contributed by atoms with E-state index in [1.54, 1.807) is 7.05 Å². The molecule has 0 aliphatic carbocycles. The molecule has 1 aliphatic heterocycles. The summed E-state index contributed by atoms with van der Waals surface area (Å²) in [6.45, 7) is 3.30. The first-order valence-electron chi connectivity index (χ1n) is 9.94. The Balaban J connectivity index is 1.82. The van der Waals surface area contributed by atoms with Gasteiger partial charge < -0.3 is 15.1 Å². The fraction of sp³-hybridized carbons (Fsp3) is 0.400. The van der Waals surface area contributed by atoms with Crippen molar-refractivity contribution in [1.29, 1.82) is 0 Å². The van der Waals surface area contributed by atoms with Gasteiger partial charge in [-0.25, -0.2) is 4.79 Å². The highest BCUT2D eigenvalue weighted by Crippen LogP contribution is 2.23. The van der Waals surface area contributed by atoms with Crippen LogP contribution in [0.15, 0.2) is 33.9 Å². The van der Waals surface area contributed by atoms with Crippen molar-refractivity contribution in [1.82, 2.24) is 28.9 Å². The summed E-state index contributed by atoms with van der Waals surface area (Å²) in [7, 11) is 4.94. The average molecular weight is 462 g/mol. The molecule has 11 heteroatoms. The second-order valence-corrected chi connectivity index (χ2v) is 8.35. The Kier molecular flexibility index (Phi) is 5.76. The number of hydrogen-bond donors (Lipinski definition) is 1. The Bertz CT molecular complexity index is 1250. The molecule has 1 aliphatic rings. The van der Waals surface area contributed by atoms with Crippen LogP contribution in [-0.2, 0) is 20.6 Å². The number of thiocarbonyl (C=S) groups is 1. The molecule has 0 atom stereocenters. The second kappa shape index (κ2) is 8.35. The molecule has 31 heavy (non-hydrogen) atoms. The predicted molar refractivity (Wildman–Crippen MR) is 126 cm³/mol. The van der Waals surface area contributed by atoms with Crippen LogP contribution in [0.2, 0.25) is 5.02 Å². The molecule has 0 radical (unpaired) electrons.